The maximum Gasteiger partial charge on any atom is 0.200 e. The number of hydrogen-bond acceptors (Lipinski definition) is 13. The lowest BCUT2D eigenvalue weighted by Gasteiger charge is -2.41. The Morgan fingerprint density at radius 1 is 0.975 bits per heavy atom. The van der Waals surface area contributed by atoms with E-state index >= 15 is 0 Å². The summed E-state index contributed by atoms with van der Waals surface area (Å²) in [7, 11) is 1.57. The molecule has 0 bridgehead atoms. The Labute approximate surface area is 231 Å². The van der Waals surface area contributed by atoms with Crippen LogP contribution in [0.25, 0.3) is 0 Å². The summed E-state index contributed by atoms with van der Waals surface area (Å²) in [6, 6.07) is 14.7. The van der Waals surface area contributed by atoms with Crippen LogP contribution >= 0.6 is 0 Å². The van der Waals surface area contributed by atoms with Crippen LogP contribution in [0.3, 0.4) is 0 Å². The highest BCUT2D eigenvalue weighted by Gasteiger charge is 2.33. The molecule has 0 fully saturated rings. The van der Waals surface area contributed by atoms with Gasteiger partial charge in [0.15, 0.2) is 11.5 Å². The largest absolute Gasteiger partial charge is 0.769 e. The zero-order chi connectivity index (χ0) is 29.0. The third kappa shape index (κ3) is 6.48. The first kappa shape index (κ1) is 29.2. The third-order valence-electron chi connectivity index (χ3n) is 6.54. The Morgan fingerprint density at radius 2 is 1.68 bits per heavy atom. The van der Waals surface area contributed by atoms with E-state index in [1.165, 1.54) is 0 Å². The SMILES string of the molecule is COc1cc2c(cc1OCc1ccccc1)[C@H](CC(C)C)N(Oc1c(N([O-])O)cc(N([O-])[O-])cc1N(O)O)CC2. The minimum atomic E-state index is -0.840. The number of anilines is 3. The molecule has 1 heterocycles. The average Bonchev–Trinajstić information content (AvgIpc) is 2.92. The Balaban J connectivity index is 1.73. The van der Waals surface area contributed by atoms with Crippen LogP contribution < -0.4 is 30.0 Å². The van der Waals surface area contributed by atoms with Crippen molar-refractivity contribution in [2.75, 3.05) is 29.3 Å². The second-order valence-corrected chi connectivity index (χ2v) is 9.74. The molecule has 0 saturated heterocycles. The lowest BCUT2D eigenvalue weighted by Crippen LogP contribution is -2.39. The van der Waals surface area contributed by atoms with Crippen LogP contribution in [0.4, 0.5) is 17.1 Å². The lowest BCUT2D eigenvalue weighted by molar-refractivity contribution is -0.109. The predicted octanol–water partition coefficient (Wildman–Crippen LogP) is 5.29. The van der Waals surface area contributed by atoms with E-state index in [-0.39, 0.29) is 5.92 Å². The summed E-state index contributed by atoms with van der Waals surface area (Å²) >= 11 is 0. The highest BCUT2D eigenvalue weighted by atomic mass is 16.8. The van der Waals surface area contributed by atoms with Gasteiger partial charge in [-0.3, -0.25) is 15.6 Å². The molecule has 13 heteroatoms. The van der Waals surface area contributed by atoms with Crippen LogP contribution in [0.1, 0.15) is 43.0 Å². The predicted molar refractivity (Wildman–Crippen MR) is 146 cm³/mol. The molecule has 1 aliphatic rings. The molecular weight excluding hydrogens is 524 g/mol. The third-order valence-corrected chi connectivity index (χ3v) is 6.54. The standard InChI is InChI=1S/C27H31N4O9/c1-17(2)11-22-21-15-26(39-16-18-7-5-4-6-8-18)25(38-3)12-19(21)9-10-28(22)40-27-23(30(34)35)13-20(29(32)33)14-24(27)31(36)37/h4-8,12-15,17,22,34-36H,9-11,16H2,1-3H3/q-3/t22-/m0/s1. The van der Waals surface area contributed by atoms with E-state index in [2.05, 4.69) is 0 Å². The highest BCUT2D eigenvalue weighted by molar-refractivity contribution is 5.78. The van der Waals surface area contributed by atoms with E-state index in [1.807, 2.05) is 56.3 Å². The monoisotopic (exact) mass is 555 g/mol. The van der Waals surface area contributed by atoms with Crippen LogP contribution in [0.2, 0.25) is 0 Å². The molecule has 3 N–H and O–H groups in total. The molecule has 13 nitrogen and oxygen atoms in total. The Hall–Kier alpha value is -3.82. The fourth-order valence-corrected chi connectivity index (χ4v) is 4.69. The zero-order valence-corrected chi connectivity index (χ0v) is 22.3. The molecule has 1 aliphatic heterocycles. The van der Waals surface area contributed by atoms with Gasteiger partial charge < -0.3 is 40.4 Å². The summed E-state index contributed by atoms with van der Waals surface area (Å²) in [5, 5.41) is 63.6. The summed E-state index contributed by atoms with van der Waals surface area (Å²) in [5.74, 6) is 0.815. The van der Waals surface area contributed by atoms with Gasteiger partial charge in [0.1, 0.15) is 18.0 Å². The van der Waals surface area contributed by atoms with Gasteiger partial charge in [0.25, 0.3) is 0 Å². The average molecular weight is 556 g/mol. The lowest BCUT2D eigenvalue weighted by atomic mass is 9.88. The van der Waals surface area contributed by atoms with Crippen LogP contribution in [0.5, 0.6) is 17.2 Å². The molecule has 0 aromatic heterocycles. The summed E-state index contributed by atoms with van der Waals surface area (Å²) in [5.41, 5.74) is 0.921. The van der Waals surface area contributed by atoms with Gasteiger partial charge in [-0.15, -0.1) is 10.3 Å². The number of hydrogen-bond donors (Lipinski definition) is 3. The van der Waals surface area contributed by atoms with Crippen molar-refractivity contribution in [3.8, 4) is 17.2 Å². The summed E-state index contributed by atoms with van der Waals surface area (Å²) in [6.07, 6.45) is 1.09. The number of methoxy groups -OCH3 is 1. The maximum absolute atomic E-state index is 12.0. The van der Waals surface area contributed by atoms with E-state index in [1.54, 1.807) is 12.2 Å². The first-order valence-electron chi connectivity index (χ1n) is 12.6. The maximum atomic E-state index is 12.0. The molecule has 216 valence electrons. The first-order valence-corrected chi connectivity index (χ1v) is 12.6. The van der Waals surface area contributed by atoms with Crippen molar-refractivity contribution in [1.29, 1.82) is 0 Å². The van der Waals surface area contributed by atoms with Crippen LogP contribution in [0.15, 0.2) is 54.6 Å². The van der Waals surface area contributed by atoms with Gasteiger partial charge >= 0.3 is 0 Å². The molecule has 4 rings (SSSR count). The summed E-state index contributed by atoms with van der Waals surface area (Å²) in [6.45, 7) is 4.69. The Bertz CT molecular complexity index is 1260. The smallest absolute Gasteiger partial charge is 0.200 e. The quantitative estimate of drug-likeness (QED) is 0.261. The van der Waals surface area contributed by atoms with Gasteiger partial charge in [-0.1, -0.05) is 44.2 Å². The fourth-order valence-electron chi connectivity index (χ4n) is 4.69. The molecule has 40 heavy (non-hydrogen) atoms. The van der Waals surface area contributed by atoms with Crippen molar-refractivity contribution in [2.24, 2.45) is 5.92 Å². The van der Waals surface area contributed by atoms with Gasteiger partial charge in [0.05, 0.1) is 13.2 Å². The molecule has 3 aromatic carbocycles. The number of fused-ring (bicyclic) bond motifs is 1. The first-order chi connectivity index (χ1) is 19.1. The Kier molecular flexibility index (Phi) is 9.17. The molecule has 0 spiro atoms. The van der Waals surface area contributed by atoms with Gasteiger partial charge in [0, 0.05) is 12.2 Å². The number of nitrogens with zero attached hydrogens (tertiary/aromatic N) is 4. The number of hydroxylamine groups is 2. The summed E-state index contributed by atoms with van der Waals surface area (Å²) < 4.78 is 11.7. The second kappa shape index (κ2) is 12.6. The number of rotatable bonds is 11. The fraction of sp³-hybridized carbons (Fsp3) is 0.333. The van der Waals surface area contributed by atoms with E-state index in [0.717, 1.165) is 28.8 Å². The van der Waals surface area contributed by atoms with E-state index in [4.69, 9.17) is 14.3 Å². The van der Waals surface area contributed by atoms with Gasteiger partial charge in [-0.25, -0.2) is 0 Å². The van der Waals surface area contributed by atoms with E-state index in [0.29, 0.717) is 37.5 Å². The van der Waals surface area contributed by atoms with Crippen molar-refractivity contribution < 1.29 is 29.9 Å². The van der Waals surface area contributed by atoms with Crippen LogP contribution in [-0.2, 0) is 13.0 Å². The molecule has 0 unspecified atom stereocenters. The van der Waals surface area contributed by atoms with Gasteiger partial charge in [0.2, 0.25) is 5.75 Å². The molecule has 0 saturated carbocycles. The van der Waals surface area contributed by atoms with E-state index in [9.17, 15) is 31.2 Å². The zero-order valence-electron chi connectivity index (χ0n) is 22.3. The number of ether oxygens (including phenoxy) is 2. The van der Waals surface area contributed by atoms with Crippen molar-refractivity contribution >= 4 is 17.1 Å². The number of benzene rings is 3. The highest BCUT2D eigenvalue weighted by Crippen LogP contribution is 2.45. The second-order valence-electron chi connectivity index (χ2n) is 9.74. The van der Waals surface area contributed by atoms with Crippen molar-refractivity contribution in [3.05, 3.63) is 86.9 Å². The topological polar surface area (TPSA) is 171 Å². The Morgan fingerprint density at radius 3 is 2.27 bits per heavy atom. The summed E-state index contributed by atoms with van der Waals surface area (Å²) in [4.78, 5) is 6.05. The molecule has 0 radical (unpaired) electrons. The van der Waals surface area contributed by atoms with Crippen molar-refractivity contribution in [1.82, 2.24) is 5.06 Å². The van der Waals surface area contributed by atoms with Crippen molar-refractivity contribution in [3.63, 3.8) is 0 Å². The normalized spacial score (nSPS) is 15.0. The molecule has 1 atom stereocenters. The molecule has 3 aromatic rings. The van der Waals surface area contributed by atoms with Gasteiger partial charge in [-0.2, -0.15) is 0 Å². The van der Waals surface area contributed by atoms with E-state index < -0.39 is 44.5 Å². The molecule has 0 amide bonds. The molecule has 0 aliphatic carbocycles. The van der Waals surface area contributed by atoms with Crippen molar-refractivity contribution in [2.45, 2.75) is 39.3 Å². The van der Waals surface area contributed by atoms with Crippen LogP contribution in [-0.4, -0.2) is 34.3 Å². The van der Waals surface area contributed by atoms with Gasteiger partial charge in [-0.05, 0) is 59.7 Å². The molecular formula is C27H31N4O9-3. The minimum Gasteiger partial charge on any atom is -0.769 e. The van der Waals surface area contributed by atoms with Crippen LogP contribution in [0, 0.1) is 21.5 Å². The minimum absolute atomic E-state index is 0.190.